The van der Waals surface area contributed by atoms with E-state index in [1.54, 1.807) is 0 Å². The number of benzene rings is 1. The topological polar surface area (TPSA) is 23.6 Å². The van der Waals surface area contributed by atoms with Crippen LogP contribution in [0.15, 0.2) is 30.3 Å². The van der Waals surface area contributed by atoms with E-state index in [1.807, 2.05) is 0 Å². The van der Waals surface area contributed by atoms with Crippen molar-refractivity contribution in [1.29, 1.82) is 0 Å². The van der Waals surface area contributed by atoms with Crippen molar-refractivity contribution in [2.24, 2.45) is 11.8 Å². The zero-order valence-electron chi connectivity index (χ0n) is 13.6. The van der Waals surface area contributed by atoms with Crippen LogP contribution in [0.5, 0.6) is 0 Å². The van der Waals surface area contributed by atoms with Gasteiger partial charge < -0.3 is 4.90 Å². The first kappa shape index (κ1) is 16.0. The van der Waals surface area contributed by atoms with E-state index in [-0.39, 0.29) is 5.92 Å². The molecule has 0 aliphatic carbocycles. The molecule has 1 fully saturated rings. The molecule has 1 atom stereocenters. The van der Waals surface area contributed by atoms with Crippen molar-refractivity contribution in [1.82, 2.24) is 9.80 Å². The van der Waals surface area contributed by atoms with Crippen molar-refractivity contribution in [3.05, 3.63) is 35.9 Å². The van der Waals surface area contributed by atoms with Gasteiger partial charge in [0.1, 0.15) is 0 Å². The maximum atomic E-state index is 12.5. The molecule has 21 heavy (non-hydrogen) atoms. The van der Waals surface area contributed by atoms with Crippen molar-refractivity contribution in [2.45, 2.75) is 33.7 Å². The predicted molar refractivity (Wildman–Crippen MR) is 86.9 cm³/mol. The van der Waals surface area contributed by atoms with E-state index in [1.165, 1.54) is 5.56 Å². The third-order valence-electron chi connectivity index (χ3n) is 4.54. The lowest BCUT2D eigenvalue weighted by atomic mass is 9.96. The highest BCUT2D eigenvalue weighted by atomic mass is 16.2. The molecule has 0 radical (unpaired) electrons. The van der Waals surface area contributed by atoms with Crippen LogP contribution >= 0.6 is 0 Å². The fraction of sp³-hybridized carbons (Fsp3) is 0.611. The molecule has 1 aliphatic heterocycles. The average molecular weight is 288 g/mol. The molecular weight excluding hydrogens is 260 g/mol. The van der Waals surface area contributed by atoms with Crippen LogP contribution < -0.4 is 0 Å². The van der Waals surface area contributed by atoms with Crippen LogP contribution in [-0.4, -0.2) is 41.9 Å². The molecule has 0 bridgehead atoms. The SMILES string of the molecule is CC(C)C(C)C(=O)N1CCCN(Cc2ccccc2)CC1. The number of nitrogens with zero attached hydrogens (tertiary/aromatic N) is 2. The largest absolute Gasteiger partial charge is 0.341 e. The normalized spacial score (nSPS) is 18.6. The molecular formula is C18H28N2O. The molecule has 0 saturated carbocycles. The molecule has 0 N–H and O–H groups in total. The molecule has 0 aromatic heterocycles. The maximum absolute atomic E-state index is 12.5. The second kappa shape index (κ2) is 7.60. The summed E-state index contributed by atoms with van der Waals surface area (Å²) in [4.78, 5) is 17.0. The first-order chi connectivity index (χ1) is 10.1. The summed E-state index contributed by atoms with van der Waals surface area (Å²) in [5.74, 6) is 0.874. The Morgan fingerprint density at radius 2 is 1.76 bits per heavy atom. The first-order valence-corrected chi connectivity index (χ1v) is 8.13. The Morgan fingerprint density at radius 3 is 2.43 bits per heavy atom. The van der Waals surface area contributed by atoms with Crippen LogP contribution in [0.3, 0.4) is 0 Å². The van der Waals surface area contributed by atoms with Gasteiger partial charge in [0.25, 0.3) is 0 Å². The van der Waals surface area contributed by atoms with Crippen LogP contribution in [0.4, 0.5) is 0 Å². The molecule has 116 valence electrons. The van der Waals surface area contributed by atoms with E-state index in [9.17, 15) is 4.79 Å². The highest BCUT2D eigenvalue weighted by molar-refractivity contribution is 5.78. The van der Waals surface area contributed by atoms with Gasteiger partial charge in [0.15, 0.2) is 0 Å². The van der Waals surface area contributed by atoms with Gasteiger partial charge in [0.2, 0.25) is 5.91 Å². The summed E-state index contributed by atoms with van der Waals surface area (Å²) in [5.41, 5.74) is 1.35. The lowest BCUT2D eigenvalue weighted by molar-refractivity contribution is -0.136. The summed E-state index contributed by atoms with van der Waals surface area (Å²) >= 11 is 0. The quantitative estimate of drug-likeness (QED) is 0.850. The summed E-state index contributed by atoms with van der Waals surface area (Å²) in [6, 6.07) is 10.6. The van der Waals surface area contributed by atoms with Crippen molar-refractivity contribution >= 4 is 5.91 Å². The molecule has 1 amide bonds. The summed E-state index contributed by atoms with van der Waals surface area (Å²) in [6.07, 6.45) is 1.07. The molecule has 1 unspecified atom stereocenters. The Kier molecular flexibility index (Phi) is 5.80. The highest BCUT2D eigenvalue weighted by Gasteiger charge is 2.24. The van der Waals surface area contributed by atoms with Crippen LogP contribution in [0.25, 0.3) is 0 Å². The number of rotatable bonds is 4. The fourth-order valence-electron chi connectivity index (χ4n) is 2.76. The van der Waals surface area contributed by atoms with Crippen LogP contribution in [0.1, 0.15) is 32.8 Å². The Balaban J connectivity index is 1.88. The minimum absolute atomic E-state index is 0.130. The van der Waals surface area contributed by atoms with E-state index < -0.39 is 0 Å². The number of hydrogen-bond donors (Lipinski definition) is 0. The van der Waals surface area contributed by atoms with Gasteiger partial charge in [-0.3, -0.25) is 9.69 Å². The van der Waals surface area contributed by atoms with Crippen molar-refractivity contribution < 1.29 is 4.79 Å². The van der Waals surface area contributed by atoms with Crippen molar-refractivity contribution in [2.75, 3.05) is 26.2 Å². The minimum atomic E-state index is 0.130. The molecule has 1 aromatic rings. The van der Waals surface area contributed by atoms with Gasteiger partial charge in [-0.15, -0.1) is 0 Å². The second-order valence-corrected chi connectivity index (χ2v) is 6.47. The zero-order chi connectivity index (χ0) is 15.2. The summed E-state index contributed by atoms with van der Waals surface area (Å²) in [7, 11) is 0. The molecule has 1 aliphatic rings. The van der Waals surface area contributed by atoms with Crippen LogP contribution in [0.2, 0.25) is 0 Å². The first-order valence-electron chi connectivity index (χ1n) is 8.13. The third kappa shape index (κ3) is 4.57. The molecule has 3 heteroatoms. The monoisotopic (exact) mass is 288 g/mol. The Bertz CT molecular complexity index is 444. The minimum Gasteiger partial charge on any atom is -0.341 e. The Morgan fingerprint density at radius 1 is 1.05 bits per heavy atom. The summed E-state index contributed by atoms with van der Waals surface area (Å²) in [6.45, 7) is 11.1. The van der Waals surface area contributed by atoms with Gasteiger partial charge in [0, 0.05) is 38.6 Å². The molecule has 3 nitrogen and oxygen atoms in total. The molecule has 1 saturated heterocycles. The summed E-state index contributed by atoms with van der Waals surface area (Å²) in [5, 5.41) is 0. The Labute approximate surface area is 128 Å². The van der Waals surface area contributed by atoms with Crippen molar-refractivity contribution in [3.8, 4) is 0 Å². The van der Waals surface area contributed by atoms with Gasteiger partial charge in [-0.1, -0.05) is 51.1 Å². The maximum Gasteiger partial charge on any atom is 0.225 e. The van der Waals surface area contributed by atoms with Crippen LogP contribution in [0, 0.1) is 11.8 Å². The lowest BCUT2D eigenvalue weighted by Crippen LogP contribution is -2.39. The van der Waals surface area contributed by atoms with E-state index in [2.05, 4.69) is 60.9 Å². The van der Waals surface area contributed by atoms with Crippen molar-refractivity contribution in [3.63, 3.8) is 0 Å². The van der Waals surface area contributed by atoms with Gasteiger partial charge in [-0.2, -0.15) is 0 Å². The fourth-order valence-corrected chi connectivity index (χ4v) is 2.76. The average Bonchev–Trinajstić information content (AvgIpc) is 2.72. The van der Waals surface area contributed by atoms with Gasteiger partial charge in [-0.25, -0.2) is 0 Å². The number of carbonyl (C=O) groups excluding carboxylic acids is 1. The van der Waals surface area contributed by atoms with Gasteiger partial charge >= 0.3 is 0 Å². The third-order valence-corrected chi connectivity index (χ3v) is 4.54. The number of carbonyl (C=O) groups is 1. The van der Waals surface area contributed by atoms with Gasteiger partial charge in [-0.05, 0) is 17.9 Å². The number of amides is 1. The molecule has 1 heterocycles. The highest BCUT2D eigenvalue weighted by Crippen LogP contribution is 2.16. The van der Waals surface area contributed by atoms with Gasteiger partial charge in [0.05, 0.1) is 0 Å². The van der Waals surface area contributed by atoms with E-state index >= 15 is 0 Å². The smallest absolute Gasteiger partial charge is 0.225 e. The summed E-state index contributed by atoms with van der Waals surface area (Å²) < 4.78 is 0. The van der Waals surface area contributed by atoms with E-state index in [0.29, 0.717) is 11.8 Å². The lowest BCUT2D eigenvalue weighted by Gasteiger charge is -2.26. The van der Waals surface area contributed by atoms with Crippen LogP contribution in [-0.2, 0) is 11.3 Å². The molecule has 0 spiro atoms. The zero-order valence-corrected chi connectivity index (χ0v) is 13.6. The molecule has 2 rings (SSSR count). The van der Waals surface area contributed by atoms with E-state index in [4.69, 9.17) is 0 Å². The second-order valence-electron chi connectivity index (χ2n) is 6.47. The Hall–Kier alpha value is -1.35. The number of hydrogen-bond acceptors (Lipinski definition) is 2. The predicted octanol–water partition coefficient (Wildman–Crippen LogP) is 3.01. The van der Waals surface area contributed by atoms with E-state index in [0.717, 1.165) is 39.1 Å². The standard InChI is InChI=1S/C18H28N2O/c1-15(2)16(3)18(21)20-11-7-10-19(12-13-20)14-17-8-5-4-6-9-17/h4-6,8-9,15-16H,7,10-14H2,1-3H3. The molecule has 1 aromatic carbocycles.